The van der Waals surface area contributed by atoms with Crippen LogP contribution in [0.1, 0.15) is 17.3 Å². The predicted octanol–water partition coefficient (Wildman–Crippen LogP) is 4.16. The van der Waals surface area contributed by atoms with Gasteiger partial charge in [0.15, 0.2) is 0 Å². The van der Waals surface area contributed by atoms with Crippen LogP contribution < -0.4 is 10.1 Å². The van der Waals surface area contributed by atoms with Crippen molar-refractivity contribution < 1.29 is 9.53 Å². The number of nitrogens with one attached hydrogen (secondary N) is 1. The van der Waals surface area contributed by atoms with Crippen molar-refractivity contribution >= 4 is 28.6 Å². The summed E-state index contributed by atoms with van der Waals surface area (Å²) in [6, 6.07) is 17.4. The Morgan fingerprint density at radius 2 is 1.96 bits per heavy atom. The van der Waals surface area contributed by atoms with E-state index in [1.807, 2.05) is 54.6 Å². The van der Waals surface area contributed by atoms with Gasteiger partial charge in [-0.2, -0.15) is 0 Å². The Kier molecular flexibility index (Phi) is 5.90. The highest BCUT2D eigenvalue weighted by Gasteiger charge is 2.10. The van der Waals surface area contributed by atoms with Crippen molar-refractivity contribution in [3.63, 3.8) is 0 Å². The minimum atomic E-state index is -0.0730. The summed E-state index contributed by atoms with van der Waals surface area (Å²) in [6.07, 6.45) is 1.75. The molecule has 25 heavy (non-hydrogen) atoms. The number of pyridine rings is 1. The van der Waals surface area contributed by atoms with Gasteiger partial charge in [0.1, 0.15) is 17.9 Å². The molecule has 128 valence electrons. The first-order valence-electron chi connectivity index (χ1n) is 8.26. The zero-order chi connectivity index (χ0) is 17.5. The van der Waals surface area contributed by atoms with Gasteiger partial charge in [0.05, 0.1) is 12.1 Å². The van der Waals surface area contributed by atoms with Gasteiger partial charge >= 0.3 is 0 Å². The Morgan fingerprint density at radius 3 is 2.84 bits per heavy atom. The monoisotopic (exact) mass is 352 g/mol. The molecule has 4 nitrogen and oxygen atoms in total. The largest absolute Gasteiger partial charge is 0.489 e. The molecule has 3 rings (SSSR count). The van der Waals surface area contributed by atoms with Crippen molar-refractivity contribution in [1.29, 1.82) is 0 Å². The summed E-state index contributed by atoms with van der Waals surface area (Å²) in [6.45, 7) is 2.91. The maximum atomic E-state index is 12.4. The lowest BCUT2D eigenvalue weighted by Gasteiger charge is -2.11. The lowest BCUT2D eigenvalue weighted by Crippen LogP contribution is -2.28. The highest BCUT2D eigenvalue weighted by atomic mass is 32.2. The topological polar surface area (TPSA) is 51.2 Å². The zero-order valence-electron chi connectivity index (χ0n) is 14.1. The number of carbonyl (C=O) groups is 1. The van der Waals surface area contributed by atoms with E-state index >= 15 is 0 Å². The Balaban J connectivity index is 1.57. The van der Waals surface area contributed by atoms with Crippen LogP contribution >= 0.6 is 11.8 Å². The highest BCUT2D eigenvalue weighted by molar-refractivity contribution is 7.99. The molecule has 0 unspecified atom stereocenters. The standard InChI is InChI=1S/C20H20N2O2S/c1-2-25-18-11-4-3-9-16(18)20(23)22-13-14-24-17-10-5-7-15-8-6-12-21-19(15)17/h3-12H,2,13-14H2,1H3,(H,22,23). The van der Waals surface area contributed by atoms with Gasteiger partial charge in [-0.15, -0.1) is 11.8 Å². The third kappa shape index (κ3) is 4.31. The first-order chi connectivity index (χ1) is 12.3. The fourth-order valence-corrected chi connectivity index (χ4v) is 3.35. The first kappa shape index (κ1) is 17.3. The summed E-state index contributed by atoms with van der Waals surface area (Å²) in [5.74, 6) is 1.59. The molecule has 1 N–H and O–H groups in total. The summed E-state index contributed by atoms with van der Waals surface area (Å²) in [7, 11) is 0. The molecule has 0 spiro atoms. The number of hydrogen-bond donors (Lipinski definition) is 1. The molecule has 0 bridgehead atoms. The van der Waals surface area contributed by atoms with Crippen LogP contribution in [0, 0.1) is 0 Å². The average molecular weight is 352 g/mol. The number of ether oxygens (including phenoxy) is 1. The number of thioether (sulfide) groups is 1. The van der Waals surface area contributed by atoms with Crippen molar-refractivity contribution in [2.45, 2.75) is 11.8 Å². The van der Waals surface area contributed by atoms with Gasteiger partial charge in [0, 0.05) is 16.5 Å². The van der Waals surface area contributed by atoms with Crippen molar-refractivity contribution in [3.05, 3.63) is 66.4 Å². The molecule has 1 heterocycles. The lowest BCUT2D eigenvalue weighted by atomic mass is 10.2. The molecule has 3 aromatic rings. The fraction of sp³-hybridized carbons (Fsp3) is 0.200. The van der Waals surface area contributed by atoms with Gasteiger partial charge in [-0.25, -0.2) is 0 Å². The highest BCUT2D eigenvalue weighted by Crippen LogP contribution is 2.23. The van der Waals surface area contributed by atoms with Crippen molar-refractivity contribution in [1.82, 2.24) is 10.3 Å². The summed E-state index contributed by atoms with van der Waals surface area (Å²) in [5.41, 5.74) is 1.54. The number of amides is 1. The summed E-state index contributed by atoms with van der Waals surface area (Å²) >= 11 is 1.67. The molecule has 5 heteroatoms. The molecule has 0 saturated carbocycles. The van der Waals surface area contributed by atoms with Crippen molar-refractivity contribution in [2.75, 3.05) is 18.9 Å². The molecule has 0 fully saturated rings. The van der Waals surface area contributed by atoms with E-state index in [2.05, 4.69) is 17.2 Å². The van der Waals surface area contributed by atoms with E-state index in [4.69, 9.17) is 4.74 Å². The normalized spacial score (nSPS) is 10.6. The molecular formula is C20H20N2O2S. The zero-order valence-corrected chi connectivity index (χ0v) is 14.9. The first-order valence-corrected chi connectivity index (χ1v) is 9.24. The molecule has 0 aliphatic rings. The average Bonchev–Trinajstić information content (AvgIpc) is 2.66. The van der Waals surface area contributed by atoms with Crippen molar-refractivity contribution in [3.8, 4) is 5.75 Å². The number of fused-ring (bicyclic) bond motifs is 1. The van der Waals surface area contributed by atoms with E-state index in [1.165, 1.54) is 0 Å². The van der Waals surface area contributed by atoms with E-state index < -0.39 is 0 Å². The minimum absolute atomic E-state index is 0.0730. The Hall–Kier alpha value is -2.53. The molecule has 0 saturated heterocycles. The smallest absolute Gasteiger partial charge is 0.252 e. The molecule has 1 aromatic heterocycles. The van der Waals surface area contributed by atoms with Crippen LogP contribution in [0.15, 0.2) is 65.7 Å². The van der Waals surface area contributed by atoms with Gasteiger partial charge in [-0.3, -0.25) is 9.78 Å². The van der Waals surface area contributed by atoms with Gasteiger partial charge in [0.2, 0.25) is 0 Å². The number of aromatic nitrogens is 1. The molecule has 1 amide bonds. The number of para-hydroxylation sites is 1. The third-order valence-corrected chi connectivity index (χ3v) is 4.63. The maximum Gasteiger partial charge on any atom is 0.252 e. The van der Waals surface area contributed by atoms with Crippen molar-refractivity contribution in [2.24, 2.45) is 0 Å². The van der Waals surface area contributed by atoms with Crippen LogP contribution in [0.3, 0.4) is 0 Å². The quantitative estimate of drug-likeness (QED) is 0.512. The van der Waals surface area contributed by atoms with E-state index in [1.54, 1.807) is 18.0 Å². The molecular weight excluding hydrogens is 332 g/mol. The van der Waals surface area contributed by atoms with Gasteiger partial charge < -0.3 is 10.1 Å². The summed E-state index contributed by atoms with van der Waals surface area (Å²) in [5, 5.41) is 3.96. The maximum absolute atomic E-state index is 12.4. The lowest BCUT2D eigenvalue weighted by molar-refractivity contribution is 0.0944. The van der Waals surface area contributed by atoms with E-state index in [0.29, 0.717) is 18.7 Å². The number of hydrogen-bond acceptors (Lipinski definition) is 4. The summed E-state index contributed by atoms with van der Waals surface area (Å²) in [4.78, 5) is 17.7. The Bertz CT molecular complexity index is 862. The summed E-state index contributed by atoms with van der Waals surface area (Å²) < 4.78 is 5.80. The minimum Gasteiger partial charge on any atom is -0.489 e. The number of benzene rings is 2. The van der Waals surface area contributed by atoms with Crippen LogP contribution in [0.4, 0.5) is 0 Å². The second-order valence-corrected chi connectivity index (χ2v) is 6.67. The predicted molar refractivity (Wildman–Crippen MR) is 102 cm³/mol. The van der Waals surface area contributed by atoms with Gasteiger partial charge in [-0.1, -0.05) is 37.3 Å². The Morgan fingerprint density at radius 1 is 1.12 bits per heavy atom. The van der Waals surface area contributed by atoms with Gasteiger partial charge in [0.25, 0.3) is 5.91 Å². The van der Waals surface area contributed by atoms with E-state index in [0.717, 1.165) is 27.3 Å². The second kappa shape index (κ2) is 8.53. The molecule has 0 aliphatic heterocycles. The van der Waals surface area contributed by atoms with Crippen LogP contribution in [-0.2, 0) is 0 Å². The molecule has 2 aromatic carbocycles. The second-order valence-electron chi connectivity index (χ2n) is 5.36. The van der Waals surface area contributed by atoms with Crippen LogP contribution in [0.2, 0.25) is 0 Å². The van der Waals surface area contributed by atoms with Gasteiger partial charge in [-0.05, 0) is 30.0 Å². The van der Waals surface area contributed by atoms with Crippen LogP contribution in [-0.4, -0.2) is 29.8 Å². The number of rotatable bonds is 7. The number of carbonyl (C=O) groups excluding carboxylic acids is 1. The SMILES string of the molecule is CCSc1ccccc1C(=O)NCCOc1cccc2cccnc12. The van der Waals surface area contributed by atoms with Crippen LogP contribution in [0.5, 0.6) is 5.75 Å². The van der Waals surface area contributed by atoms with E-state index in [-0.39, 0.29) is 5.91 Å². The molecule has 0 radical (unpaired) electrons. The van der Waals surface area contributed by atoms with E-state index in [9.17, 15) is 4.79 Å². The molecule has 0 aliphatic carbocycles. The fourth-order valence-electron chi connectivity index (χ4n) is 2.55. The molecule has 0 atom stereocenters. The third-order valence-electron chi connectivity index (χ3n) is 3.67. The Labute approximate surface area is 151 Å². The van der Waals surface area contributed by atoms with Crippen LogP contribution in [0.25, 0.3) is 10.9 Å². The number of nitrogens with zero attached hydrogens (tertiary/aromatic N) is 1.